The zero-order valence-electron chi connectivity index (χ0n) is 13.9. The van der Waals surface area contributed by atoms with Crippen molar-refractivity contribution in [2.24, 2.45) is 0 Å². The first-order valence-corrected chi connectivity index (χ1v) is 8.23. The fourth-order valence-electron chi connectivity index (χ4n) is 2.68. The van der Waals surface area contributed by atoms with Crippen LogP contribution in [0, 0.1) is 6.92 Å². The summed E-state index contributed by atoms with van der Waals surface area (Å²) in [4.78, 5) is 16.3. The summed E-state index contributed by atoms with van der Waals surface area (Å²) in [5.74, 6) is 1.81. The molecule has 0 radical (unpaired) electrons. The zero-order valence-corrected chi connectivity index (χ0v) is 13.9. The maximum Gasteiger partial charge on any atom is 0.226 e. The molecule has 1 aromatic carbocycles. The fourth-order valence-corrected chi connectivity index (χ4v) is 2.68. The third-order valence-corrected chi connectivity index (χ3v) is 4.07. The van der Waals surface area contributed by atoms with Crippen LogP contribution < -0.4 is 9.64 Å². The zero-order chi connectivity index (χ0) is 16.8. The Morgan fingerprint density at radius 2 is 1.79 bits per heavy atom. The Balaban J connectivity index is 1.42. The van der Waals surface area contributed by atoms with E-state index in [1.807, 2.05) is 54.3 Å². The smallest absolute Gasteiger partial charge is 0.226 e. The van der Waals surface area contributed by atoms with Gasteiger partial charge in [0.2, 0.25) is 5.91 Å². The lowest BCUT2D eigenvalue weighted by Gasteiger charge is -2.35. The number of piperazine rings is 1. The molecule has 0 saturated carbocycles. The van der Waals surface area contributed by atoms with Gasteiger partial charge < -0.3 is 14.5 Å². The molecule has 24 heavy (non-hydrogen) atoms. The maximum atomic E-state index is 12.3. The van der Waals surface area contributed by atoms with E-state index in [0.717, 1.165) is 30.4 Å². The number of nitrogens with zero attached hydrogens (tertiary/aromatic N) is 4. The highest BCUT2D eigenvalue weighted by molar-refractivity contribution is 5.76. The van der Waals surface area contributed by atoms with Crippen molar-refractivity contribution in [1.29, 1.82) is 0 Å². The van der Waals surface area contributed by atoms with Gasteiger partial charge in [-0.3, -0.25) is 4.79 Å². The molecule has 3 rings (SSSR count). The van der Waals surface area contributed by atoms with Crippen LogP contribution in [0.2, 0.25) is 0 Å². The number of aryl methyl sites for hydroxylation is 1. The molecule has 1 saturated heterocycles. The van der Waals surface area contributed by atoms with Gasteiger partial charge in [0.15, 0.2) is 5.82 Å². The molecule has 0 bridgehead atoms. The maximum absolute atomic E-state index is 12.3. The highest BCUT2D eigenvalue weighted by Gasteiger charge is 2.21. The number of hydrogen-bond donors (Lipinski definition) is 0. The normalized spacial score (nSPS) is 14.5. The van der Waals surface area contributed by atoms with Gasteiger partial charge in [0.1, 0.15) is 5.75 Å². The van der Waals surface area contributed by atoms with Crippen LogP contribution in [0.15, 0.2) is 42.5 Å². The molecular formula is C18H22N4O2. The average Bonchev–Trinajstić information content (AvgIpc) is 2.63. The van der Waals surface area contributed by atoms with Gasteiger partial charge in [-0.15, -0.1) is 5.10 Å². The lowest BCUT2D eigenvalue weighted by atomic mass is 10.2. The van der Waals surface area contributed by atoms with E-state index in [4.69, 9.17) is 4.74 Å². The lowest BCUT2D eigenvalue weighted by Crippen LogP contribution is -2.49. The molecule has 0 N–H and O–H groups in total. The Labute approximate surface area is 142 Å². The standard InChI is InChI=1S/C18H22N4O2/c1-15-7-8-17(20-19-15)21-10-12-22(13-11-21)18(23)9-14-24-16-5-3-2-4-6-16/h2-8H,9-14H2,1H3. The Kier molecular flexibility index (Phi) is 5.25. The summed E-state index contributed by atoms with van der Waals surface area (Å²) in [6.07, 6.45) is 0.402. The van der Waals surface area contributed by atoms with Crippen molar-refractivity contribution in [3.63, 3.8) is 0 Å². The summed E-state index contributed by atoms with van der Waals surface area (Å²) < 4.78 is 5.59. The molecule has 0 atom stereocenters. The van der Waals surface area contributed by atoms with Crippen LogP contribution in [0.5, 0.6) is 5.75 Å². The van der Waals surface area contributed by atoms with Crippen LogP contribution in [0.1, 0.15) is 12.1 Å². The van der Waals surface area contributed by atoms with E-state index < -0.39 is 0 Å². The molecule has 2 heterocycles. The van der Waals surface area contributed by atoms with Crippen molar-refractivity contribution >= 4 is 11.7 Å². The van der Waals surface area contributed by atoms with Crippen molar-refractivity contribution in [3.05, 3.63) is 48.2 Å². The van der Waals surface area contributed by atoms with Crippen LogP contribution in [0.25, 0.3) is 0 Å². The second-order valence-electron chi connectivity index (χ2n) is 5.81. The number of benzene rings is 1. The lowest BCUT2D eigenvalue weighted by molar-refractivity contribution is -0.132. The Morgan fingerprint density at radius 3 is 2.46 bits per heavy atom. The molecule has 2 aromatic rings. The quantitative estimate of drug-likeness (QED) is 0.840. The topological polar surface area (TPSA) is 58.6 Å². The van der Waals surface area contributed by atoms with E-state index in [9.17, 15) is 4.79 Å². The first kappa shape index (κ1) is 16.2. The van der Waals surface area contributed by atoms with Crippen molar-refractivity contribution in [2.45, 2.75) is 13.3 Å². The van der Waals surface area contributed by atoms with Crippen LogP contribution in [-0.2, 0) is 4.79 Å². The first-order valence-electron chi connectivity index (χ1n) is 8.23. The van der Waals surface area contributed by atoms with Gasteiger partial charge in [-0.1, -0.05) is 18.2 Å². The molecule has 6 heteroatoms. The molecule has 1 amide bonds. The number of carbonyl (C=O) groups is 1. The van der Waals surface area contributed by atoms with E-state index in [0.29, 0.717) is 26.1 Å². The second kappa shape index (κ2) is 7.77. The van der Waals surface area contributed by atoms with Crippen molar-refractivity contribution in [2.75, 3.05) is 37.7 Å². The third kappa shape index (κ3) is 4.22. The fraction of sp³-hybridized carbons (Fsp3) is 0.389. The molecule has 1 fully saturated rings. The SMILES string of the molecule is Cc1ccc(N2CCN(C(=O)CCOc3ccccc3)CC2)nn1. The van der Waals surface area contributed by atoms with Gasteiger partial charge in [0.25, 0.3) is 0 Å². The second-order valence-corrected chi connectivity index (χ2v) is 5.81. The van der Waals surface area contributed by atoms with Gasteiger partial charge in [-0.2, -0.15) is 5.10 Å². The monoisotopic (exact) mass is 326 g/mol. The van der Waals surface area contributed by atoms with Gasteiger partial charge >= 0.3 is 0 Å². The molecule has 0 aliphatic carbocycles. The minimum atomic E-state index is 0.139. The summed E-state index contributed by atoms with van der Waals surface area (Å²) in [6.45, 7) is 5.31. The molecule has 1 aliphatic heterocycles. The Morgan fingerprint density at radius 1 is 1.04 bits per heavy atom. The van der Waals surface area contributed by atoms with Crippen LogP contribution in [0.4, 0.5) is 5.82 Å². The van der Waals surface area contributed by atoms with Crippen LogP contribution >= 0.6 is 0 Å². The number of hydrogen-bond acceptors (Lipinski definition) is 5. The van der Waals surface area contributed by atoms with Gasteiger partial charge in [-0.25, -0.2) is 0 Å². The number of amides is 1. The van der Waals surface area contributed by atoms with Crippen molar-refractivity contribution in [1.82, 2.24) is 15.1 Å². The first-order chi connectivity index (χ1) is 11.7. The molecule has 126 valence electrons. The Hall–Kier alpha value is -2.63. The number of para-hydroxylation sites is 1. The minimum absolute atomic E-state index is 0.139. The summed E-state index contributed by atoms with van der Waals surface area (Å²) in [5, 5.41) is 8.30. The predicted octanol–water partition coefficient (Wildman–Crippen LogP) is 1.90. The van der Waals surface area contributed by atoms with E-state index in [1.54, 1.807) is 0 Å². The van der Waals surface area contributed by atoms with E-state index in [1.165, 1.54) is 0 Å². The summed E-state index contributed by atoms with van der Waals surface area (Å²) in [6, 6.07) is 13.5. The molecule has 0 spiro atoms. The van der Waals surface area contributed by atoms with Crippen molar-refractivity contribution in [3.8, 4) is 5.75 Å². The van der Waals surface area contributed by atoms with E-state index >= 15 is 0 Å². The largest absolute Gasteiger partial charge is 0.493 e. The number of carbonyl (C=O) groups excluding carboxylic acids is 1. The highest BCUT2D eigenvalue weighted by Crippen LogP contribution is 2.14. The molecule has 0 unspecified atom stereocenters. The van der Waals surface area contributed by atoms with Crippen LogP contribution in [0.3, 0.4) is 0 Å². The average molecular weight is 326 g/mol. The number of aromatic nitrogens is 2. The van der Waals surface area contributed by atoms with E-state index in [2.05, 4.69) is 15.1 Å². The summed E-state index contributed by atoms with van der Waals surface area (Å²) in [7, 11) is 0. The molecule has 6 nitrogen and oxygen atoms in total. The minimum Gasteiger partial charge on any atom is -0.493 e. The number of anilines is 1. The van der Waals surface area contributed by atoms with Gasteiger partial charge in [0, 0.05) is 26.2 Å². The van der Waals surface area contributed by atoms with Gasteiger partial charge in [-0.05, 0) is 31.2 Å². The van der Waals surface area contributed by atoms with E-state index in [-0.39, 0.29) is 5.91 Å². The van der Waals surface area contributed by atoms with Gasteiger partial charge in [0.05, 0.1) is 18.7 Å². The number of ether oxygens (including phenoxy) is 1. The third-order valence-electron chi connectivity index (χ3n) is 4.07. The number of rotatable bonds is 5. The van der Waals surface area contributed by atoms with Crippen molar-refractivity contribution < 1.29 is 9.53 Å². The summed E-state index contributed by atoms with van der Waals surface area (Å²) >= 11 is 0. The molecule has 1 aliphatic rings. The molecular weight excluding hydrogens is 304 g/mol. The Bertz CT molecular complexity index is 652. The predicted molar refractivity (Wildman–Crippen MR) is 92.1 cm³/mol. The molecule has 1 aromatic heterocycles. The summed E-state index contributed by atoms with van der Waals surface area (Å²) in [5.41, 5.74) is 0.908. The highest BCUT2D eigenvalue weighted by atomic mass is 16.5. The van der Waals surface area contributed by atoms with Crippen LogP contribution in [-0.4, -0.2) is 53.8 Å².